The summed E-state index contributed by atoms with van der Waals surface area (Å²) in [4.78, 5) is 5.04. The topological polar surface area (TPSA) is 42.4 Å². The first-order valence-corrected chi connectivity index (χ1v) is 5.60. The van der Waals surface area contributed by atoms with Crippen molar-refractivity contribution in [3.05, 3.63) is 24.5 Å². The van der Waals surface area contributed by atoms with Crippen molar-refractivity contribution in [1.29, 1.82) is 0 Å². The summed E-state index contributed by atoms with van der Waals surface area (Å²) < 4.78 is 5.11. The molecule has 1 rings (SSSR count). The predicted molar refractivity (Wildman–Crippen MR) is 57.5 cm³/mol. The monoisotopic (exact) mass is 213 g/mol. The van der Waals surface area contributed by atoms with E-state index in [-0.39, 0.29) is 0 Å². The average molecular weight is 213 g/mol. The number of thioether (sulfide) groups is 1. The van der Waals surface area contributed by atoms with Crippen LogP contribution in [0.3, 0.4) is 0 Å². The molecule has 14 heavy (non-hydrogen) atoms. The van der Waals surface area contributed by atoms with Crippen LogP contribution in [0.5, 0.6) is 0 Å². The van der Waals surface area contributed by atoms with Crippen molar-refractivity contribution in [3.63, 3.8) is 0 Å². The number of rotatable bonds is 6. The average Bonchev–Trinajstić information content (AvgIpc) is 2.25. The van der Waals surface area contributed by atoms with Gasteiger partial charge in [0.1, 0.15) is 0 Å². The van der Waals surface area contributed by atoms with Crippen LogP contribution in [0.1, 0.15) is 6.92 Å². The van der Waals surface area contributed by atoms with Crippen molar-refractivity contribution in [2.75, 3.05) is 19.0 Å². The second-order valence-electron chi connectivity index (χ2n) is 2.81. The van der Waals surface area contributed by atoms with E-state index in [9.17, 15) is 5.11 Å². The fourth-order valence-corrected chi connectivity index (χ4v) is 1.72. The number of aliphatic hydroxyl groups is 1. The van der Waals surface area contributed by atoms with Crippen LogP contribution in [0.15, 0.2) is 29.4 Å². The maximum absolute atomic E-state index is 9.48. The third-order valence-corrected chi connectivity index (χ3v) is 2.76. The van der Waals surface area contributed by atoms with E-state index in [2.05, 4.69) is 4.98 Å². The molecule has 0 spiro atoms. The molecule has 3 nitrogen and oxygen atoms in total. The summed E-state index contributed by atoms with van der Waals surface area (Å²) >= 11 is 1.61. The number of aliphatic hydroxyl groups excluding tert-OH is 1. The number of aromatic nitrogens is 1. The molecule has 0 saturated carbocycles. The zero-order valence-corrected chi connectivity index (χ0v) is 9.04. The van der Waals surface area contributed by atoms with Gasteiger partial charge in [0.15, 0.2) is 0 Å². The molecule has 0 amide bonds. The first kappa shape index (κ1) is 11.5. The van der Waals surface area contributed by atoms with Gasteiger partial charge in [-0.3, -0.25) is 4.98 Å². The van der Waals surface area contributed by atoms with Gasteiger partial charge < -0.3 is 9.84 Å². The van der Waals surface area contributed by atoms with E-state index in [1.807, 2.05) is 19.1 Å². The number of hydrogen-bond acceptors (Lipinski definition) is 4. The lowest BCUT2D eigenvalue weighted by Crippen LogP contribution is -2.17. The van der Waals surface area contributed by atoms with Gasteiger partial charge in [0.2, 0.25) is 0 Å². The molecule has 1 N–H and O–H groups in total. The standard InChI is InChI=1S/C10H15NO2S/c1-2-13-7-9(12)8-14-10-3-5-11-6-4-10/h3-6,9,12H,2,7-8H2,1H3. The van der Waals surface area contributed by atoms with E-state index in [0.717, 1.165) is 4.90 Å². The summed E-state index contributed by atoms with van der Waals surface area (Å²) in [5, 5.41) is 9.48. The zero-order valence-electron chi connectivity index (χ0n) is 8.22. The minimum absolute atomic E-state index is 0.395. The van der Waals surface area contributed by atoms with Crippen LogP contribution in [-0.2, 0) is 4.74 Å². The van der Waals surface area contributed by atoms with E-state index < -0.39 is 6.10 Å². The number of pyridine rings is 1. The molecule has 0 aliphatic rings. The van der Waals surface area contributed by atoms with E-state index in [4.69, 9.17) is 4.74 Å². The van der Waals surface area contributed by atoms with Crippen molar-refractivity contribution in [1.82, 2.24) is 4.98 Å². The van der Waals surface area contributed by atoms with Crippen LogP contribution in [0.4, 0.5) is 0 Å². The minimum Gasteiger partial charge on any atom is -0.390 e. The number of nitrogens with zero attached hydrogens (tertiary/aromatic N) is 1. The molecule has 0 aromatic carbocycles. The summed E-state index contributed by atoms with van der Waals surface area (Å²) in [5.41, 5.74) is 0. The van der Waals surface area contributed by atoms with E-state index in [0.29, 0.717) is 19.0 Å². The van der Waals surface area contributed by atoms with Crippen molar-refractivity contribution in [2.24, 2.45) is 0 Å². The Balaban J connectivity index is 2.20. The Kier molecular flexibility index (Phi) is 5.59. The van der Waals surface area contributed by atoms with Gasteiger partial charge in [0.05, 0.1) is 12.7 Å². The summed E-state index contributed by atoms with van der Waals surface area (Å²) in [6.45, 7) is 2.98. The molecule has 1 atom stereocenters. The van der Waals surface area contributed by atoms with Gasteiger partial charge in [-0.15, -0.1) is 11.8 Å². The molecular formula is C10H15NO2S. The van der Waals surface area contributed by atoms with Crippen LogP contribution < -0.4 is 0 Å². The maximum atomic E-state index is 9.48. The highest BCUT2D eigenvalue weighted by atomic mass is 32.2. The summed E-state index contributed by atoms with van der Waals surface area (Å²) in [7, 11) is 0. The van der Waals surface area contributed by atoms with Crippen molar-refractivity contribution in [2.45, 2.75) is 17.9 Å². The van der Waals surface area contributed by atoms with Crippen molar-refractivity contribution < 1.29 is 9.84 Å². The van der Waals surface area contributed by atoms with Crippen LogP contribution in [0.25, 0.3) is 0 Å². The smallest absolute Gasteiger partial charge is 0.0867 e. The van der Waals surface area contributed by atoms with Gasteiger partial charge in [0, 0.05) is 29.6 Å². The van der Waals surface area contributed by atoms with Crippen molar-refractivity contribution >= 4 is 11.8 Å². The van der Waals surface area contributed by atoms with Gasteiger partial charge in [-0.05, 0) is 19.1 Å². The van der Waals surface area contributed by atoms with Crippen LogP contribution in [-0.4, -0.2) is 35.2 Å². The molecule has 0 aliphatic carbocycles. The van der Waals surface area contributed by atoms with Gasteiger partial charge in [-0.25, -0.2) is 0 Å². The number of hydrogen-bond donors (Lipinski definition) is 1. The Bertz CT molecular complexity index is 243. The second-order valence-corrected chi connectivity index (χ2v) is 3.90. The summed E-state index contributed by atoms with van der Waals surface area (Å²) in [6, 6.07) is 3.86. The number of ether oxygens (including phenoxy) is 1. The van der Waals surface area contributed by atoms with Gasteiger partial charge in [-0.2, -0.15) is 0 Å². The van der Waals surface area contributed by atoms with Crippen molar-refractivity contribution in [3.8, 4) is 0 Å². The largest absolute Gasteiger partial charge is 0.390 e. The quantitative estimate of drug-likeness (QED) is 0.728. The highest BCUT2D eigenvalue weighted by Gasteiger charge is 2.04. The van der Waals surface area contributed by atoms with Gasteiger partial charge in [-0.1, -0.05) is 0 Å². The second kappa shape index (κ2) is 6.81. The summed E-state index contributed by atoms with van der Waals surface area (Å²) in [6.07, 6.45) is 3.10. The van der Waals surface area contributed by atoms with E-state index >= 15 is 0 Å². The molecule has 0 radical (unpaired) electrons. The van der Waals surface area contributed by atoms with Crippen LogP contribution in [0.2, 0.25) is 0 Å². The lowest BCUT2D eigenvalue weighted by molar-refractivity contribution is 0.0551. The summed E-state index contributed by atoms with van der Waals surface area (Å²) in [5.74, 6) is 0.657. The third kappa shape index (κ3) is 4.60. The molecule has 78 valence electrons. The van der Waals surface area contributed by atoms with E-state index in [1.165, 1.54) is 0 Å². The Morgan fingerprint density at radius 1 is 1.50 bits per heavy atom. The third-order valence-electron chi connectivity index (χ3n) is 1.61. The molecule has 4 heteroatoms. The van der Waals surface area contributed by atoms with E-state index in [1.54, 1.807) is 24.2 Å². The molecule has 0 bridgehead atoms. The lowest BCUT2D eigenvalue weighted by atomic mass is 10.4. The SMILES string of the molecule is CCOCC(O)CSc1ccncc1. The highest BCUT2D eigenvalue weighted by Crippen LogP contribution is 2.17. The molecule has 1 aromatic heterocycles. The first-order valence-electron chi connectivity index (χ1n) is 4.61. The molecule has 0 aliphatic heterocycles. The fourth-order valence-electron chi connectivity index (χ4n) is 0.929. The molecular weight excluding hydrogens is 198 g/mol. The molecule has 0 saturated heterocycles. The Morgan fingerprint density at radius 3 is 2.86 bits per heavy atom. The Labute approximate surface area is 88.5 Å². The van der Waals surface area contributed by atoms with Gasteiger partial charge in [0.25, 0.3) is 0 Å². The Morgan fingerprint density at radius 2 is 2.21 bits per heavy atom. The zero-order chi connectivity index (χ0) is 10.2. The van der Waals surface area contributed by atoms with Crippen LogP contribution >= 0.6 is 11.8 Å². The molecule has 1 unspecified atom stereocenters. The lowest BCUT2D eigenvalue weighted by Gasteiger charge is -2.09. The molecule has 1 heterocycles. The molecule has 0 fully saturated rings. The molecule has 1 aromatic rings. The van der Waals surface area contributed by atoms with Gasteiger partial charge >= 0.3 is 0 Å². The fraction of sp³-hybridized carbons (Fsp3) is 0.500. The normalized spacial score (nSPS) is 12.7. The minimum atomic E-state index is -0.395. The maximum Gasteiger partial charge on any atom is 0.0867 e. The van der Waals surface area contributed by atoms with Crippen LogP contribution in [0, 0.1) is 0 Å². The first-order chi connectivity index (χ1) is 6.83. The predicted octanol–water partition coefficient (Wildman–Crippen LogP) is 1.57. The highest BCUT2D eigenvalue weighted by molar-refractivity contribution is 7.99. The Hall–Kier alpha value is -0.580.